The fourth-order valence-corrected chi connectivity index (χ4v) is 5.94. The lowest BCUT2D eigenvalue weighted by Crippen LogP contribution is -2.50. The Kier molecular flexibility index (Phi) is 10.4. The number of aromatic nitrogens is 5. The minimum Gasteiger partial charge on any atom is -0.489 e. The first-order valence-electron chi connectivity index (χ1n) is 16.1. The van der Waals surface area contributed by atoms with E-state index in [1.165, 1.54) is 33.9 Å². The van der Waals surface area contributed by atoms with Gasteiger partial charge in [-0.2, -0.15) is 28.2 Å². The first kappa shape index (κ1) is 35.5. The fraction of sp³-hybridized carbons (Fsp3) is 0.314. The van der Waals surface area contributed by atoms with Crippen molar-refractivity contribution in [1.29, 1.82) is 0 Å². The SMILES string of the molecule is CC(C)Oc1ccc(C(=O)Cn2nccn2)cc1-n1c(CN2CCN(C(=O)COc3ccc(C(F)(F)F)cc3)CC2)nc2cccc(Cl)c2c1=O. The van der Waals surface area contributed by atoms with E-state index in [2.05, 4.69) is 10.2 Å². The zero-order valence-corrected chi connectivity index (χ0v) is 28.4. The maximum atomic E-state index is 14.3. The number of fused-ring (bicyclic) bond motifs is 1. The van der Waals surface area contributed by atoms with Gasteiger partial charge in [-0.3, -0.25) is 23.9 Å². The lowest BCUT2D eigenvalue weighted by atomic mass is 10.1. The van der Waals surface area contributed by atoms with Gasteiger partial charge in [0.1, 0.15) is 23.9 Å². The summed E-state index contributed by atoms with van der Waals surface area (Å²) in [4.78, 5) is 50.3. The van der Waals surface area contributed by atoms with Gasteiger partial charge in [0.2, 0.25) is 0 Å². The molecular formula is C35H33ClF3N7O5. The summed E-state index contributed by atoms with van der Waals surface area (Å²) in [6, 6.07) is 14.0. The lowest BCUT2D eigenvalue weighted by molar-refractivity contribution is -0.138. The summed E-state index contributed by atoms with van der Waals surface area (Å²) in [5, 5.41) is 8.46. The number of ether oxygens (including phenoxy) is 2. The van der Waals surface area contributed by atoms with Crippen LogP contribution in [0, 0.1) is 0 Å². The summed E-state index contributed by atoms with van der Waals surface area (Å²) in [7, 11) is 0. The van der Waals surface area contributed by atoms with E-state index in [1.807, 2.05) is 18.7 Å². The second-order valence-electron chi connectivity index (χ2n) is 12.1. The van der Waals surface area contributed by atoms with Crippen LogP contribution >= 0.6 is 11.6 Å². The number of benzene rings is 3. The molecule has 3 aromatic carbocycles. The Morgan fingerprint density at radius 1 is 0.961 bits per heavy atom. The van der Waals surface area contributed by atoms with Gasteiger partial charge in [0.05, 0.1) is 52.2 Å². The molecule has 266 valence electrons. The van der Waals surface area contributed by atoms with Crippen LogP contribution in [0.4, 0.5) is 13.2 Å². The topological polar surface area (TPSA) is 125 Å². The van der Waals surface area contributed by atoms with E-state index in [-0.39, 0.29) is 53.6 Å². The highest BCUT2D eigenvalue weighted by molar-refractivity contribution is 6.35. The number of carbonyl (C=O) groups is 2. The average Bonchev–Trinajstić information content (AvgIpc) is 3.60. The van der Waals surface area contributed by atoms with Crippen molar-refractivity contribution in [2.45, 2.75) is 39.2 Å². The molecule has 1 fully saturated rings. The number of hydrogen-bond donors (Lipinski definition) is 0. The van der Waals surface area contributed by atoms with Crippen LogP contribution in [0.25, 0.3) is 16.6 Å². The maximum Gasteiger partial charge on any atom is 0.416 e. The number of hydrogen-bond acceptors (Lipinski definition) is 9. The van der Waals surface area contributed by atoms with Gasteiger partial charge in [-0.05, 0) is 68.4 Å². The van der Waals surface area contributed by atoms with Crippen molar-refractivity contribution in [2.75, 3.05) is 32.8 Å². The number of nitrogens with zero attached hydrogens (tertiary/aromatic N) is 7. The molecule has 0 atom stereocenters. The lowest BCUT2D eigenvalue weighted by Gasteiger charge is -2.34. The molecule has 1 aliphatic heterocycles. The zero-order chi connectivity index (χ0) is 36.3. The maximum absolute atomic E-state index is 14.3. The summed E-state index contributed by atoms with van der Waals surface area (Å²) >= 11 is 6.53. The molecule has 0 bridgehead atoms. The van der Waals surface area contributed by atoms with E-state index in [9.17, 15) is 27.6 Å². The molecule has 6 rings (SSSR count). The van der Waals surface area contributed by atoms with Crippen LogP contribution in [0.2, 0.25) is 5.02 Å². The molecule has 1 saturated heterocycles. The summed E-state index contributed by atoms with van der Waals surface area (Å²) in [6.07, 6.45) is -1.78. The quantitative estimate of drug-likeness (QED) is 0.172. The van der Waals surface area contributed by atoms with Crippen LogP contribution in [0.5, 0.6) is 11.5 Å². The van der Waals surface area contributed by atoms with Crippen molar-refractivity contribution >= 4 is 34.2 Å². The van der Waals surface area contributed by atoms with Gasteiger partial charge in [0.15, 0.2) is 12.4 Å². The molecule has 2 aromatic heterocycles. The number of amides is 1. The number of halogens is 4. The third-order valence-corrected chi connectivity index (χ3v) is 8.50. The Bertz CT molecular complexity index is 2100. The Morgan fingerprint density at radius 2 is 1.67 bits per heavy atom. The highest BCUT2D eigenvalue weighted by Crippen LogP contribution is 2.31. The van der Waals surface area contributed by atoms with Crippen LogP contribution < -0.4 is 15.0 Å². The zero-order valence-electron chi connectivity index (χ0n) is 27.6. The van der Waals surface area contributed by atoms with Gasteiger partial charge in [-0.15, -0.1) is 0 Å². The third-order valence-electron chi connectivity index (χ3n) is 8.19. The second kappa shape index (κ2) is 14.9. The van der Waals surface area contributed by atoms with Crippen LogP contribution in [0.1, 0.15) is 35.6 Å². The average molecular weight is 724 g/mol. The molecule has 3 heterocycles. The number of ketones is 1. The standard InChI is InChI=1S/C35H33ClF3N7O5/c1-22(2)51-30-11-6-23(29(47)19-45-40-12-13-41-45)18-28(30)46-31(42-27-5-3-4-26(36)33(27)34(46)49)20-43-14-16-44(17-15-43)32(48)21-50-25-9-7-24(8-10-25)35(37,38)39/h3-13,18,22H,14-17,19-21H2,1-2H3. The summed E-state index contributed by atoms with van der Waals surface area (Å²) in [6.45, 7) is 5.00. The van der Waals surface area contributed by atoms with Crippen molar-refractivity contribution in [3.8, 4) is 17.2 Å². The highest BCUT2D eigenvalue weighted by Gasteiger charge is 2.30. The van der Waals surface area contributed by atoms with Gasteiger partial charge in [0, 0.05) is 31.7 Å². The molecule has 0 unspecified atom stereocenters. The molecule has 0 spiro atoms. The van der Waals surface area contributed by atoms with Crippen molar-refractivity contribution in [3.05, 3.63) is 105 Å². The highest BCUT2D eigenvalue weighted by atomic mass is 35.5. The molecule has 1 amide bonds. The molecule has 0 aliphatic carbocycles. The number of rotatable bonds is 11. The van der Waals surface area contributed by atoms with Crippen molar-refractivity contribution in [3.63, 3.8) is 0 Å². The number of Topliss-reactive ketones (excluding diaryl/α,β-unsaturated/α-hetero) is 1. The minimum absolute atomic E-state index is 0.112. The smallest absolute Gasteiger partial charge is 0.416 e. The Labute approximate surface area is 294 Å². The van der Waals surface area contributed by atoms with Crippen LogP contribution in [-0.2, 0) is 24.1 Å². The van der Waals surface area contributed by atoms with Gasteiger partial charge in [-0.25, -0.2) is 4.98 Å². The van der Waals surface area contributed by atoms with E-state index >= 15 is 0 Å². The monoisotopic (exact) mass is 723 g/mol. The van der Waals surface area contributed by atoms with E-state index in [0.29, 0.717) is 54.5 Å². The van der Waals surface area contributed by atoms with Gasteiger partial charge in [-0.1, -0.05) is 17.7 Å². The molecule has 5 aromatic rings. The summed E-state index contributed by atoms with van der Waals surface area (Å²) in [5.41, 5.74) is -0.231. The first-order chi connectivity index (χ1) is 24.4. The second-order valence-corrected chi connectivity index (χ2v) is 12.5. The number of carbonyl (C=O) groups excluding carboxylic acids is 2. The summed E-state index contributed by atoms with van der Waals surface area (Å²) in [5.74, 6) is 0.284. The normalized spacial score (nSPS) is 13.9. The number of alkyl halides is 3. The summed E-state index contributed by atoms with van der Waals surface area (Å²) < 4.78 is 51.6. The molecule has 0 N–H and O–H groups in total. The van der Waals surface area contributed by atoms with E-state index in [0.717, 1.165) is 12.1 Å². The predicted octanol–water partition coefficient (Wildman–Crippen LogP) is 5.04. The molecule has 12 nitrogen and oxygen atoms in total. The predicted molar refractivity (Wildman–Crippen MR) is 181 cm³/mol. The molecule has 16 heteroatoms. The number of piperazine rings is 1. The largest absolute Gasteiger partial charge is 0.489 e. The van der Waals surface area contributed by atoms with Crippen molar-refractivity contribution in [1.82, 2.24) is 34.3 Å². The Balaban J connectivity index is 1.25. The van der Waals surface area contributed by atoms with E-state index < -0.39 is 17.3 Å². The van der Waals surface area contributed by atoms with Crippen molar-refractivity contribution < 1.29 is 32.2 Å². The first-order valence-corrected chi connectivity index (χ1v) is 16.4. The van der Waals surface area contributed by atoms with E-state index in [4.69, 9.17) is 26.1 Å². The van der Waals surface area contributed by atoms with Gasteiger partial charge >= 0.3 is 6.18 Å². The minimum atomic E-state index is -4.47. The Morgan fingerprint density at radius 3 is 2.33 bits per heavy atom. The third kappa shape index (κ3) is 8.21. The molecule has 0 radical (unpaired) electrons. The fourth-order valence-electron chi connectivity index (χ4n) is 5.69. The molecule has 51 heavy (non-hydrogen) atoms. The van der Waals surface area contributed by atoms with Gasteiger partial charge < -0.3 is 14.4 Å². The molecular weight excluding hydrogens is 691 g/mol. The molecule has 0 saturated carbocycles. The van der Waals surface area contributed by atoms with Gasteiger partial charge in [0.25, 0.3) is 11.5 Å². The van der Waals surface area contributed by atoms with E-state index in [1.54, 1.807) is 41.3 Å². The molecule has 1 aliphatic rings. The van der Waals surface area contributed by atoms with Crippen LogP contribution in [-0.4, -0.2) is 84.9 Å². The van der Waals surface area contributed by atoms with Crippen LogP contribution in [0.3, 0.4) is 0 Å². The van der Waals surface area contributed by atoms with Crippen molar-refractivity contribution in [2.24, 2.45) is 0 Å². The Hall–Kier alpha value is -5.28. The van der Waals surface area contributed by atoms with Crippen LogP contribution in [0.15, 0.2) is 77.9 Å².